The quantitative estimate of drug-likeness (QED) is 0.868. The molecule has 0 aromatic heterocycles. The highest BCUT2D eigenvalue weighted by atomic mass is 19.1. The van der Waals surface area contributed by atoms with E-state index in [9.17, 15) is 9.18 Å². The van der Waals surface area contributed by atoms with Gasteiger partial charge in [0, 0.05) is 17.8 Å². The summed E-state index contributed by atoms with van der Waals surface area (Å²) in [4.78, 5) is 11.0. The maximum atomic E-state index is 13.0. The molecule has 2 aromatic rings. The van der Waals surface area contributed by atoms with E-state index in [-0.39, 0.29) is 5.82 Å². The predicted octanol–water partition coefficient (Wildman–Crippen LogP) is 2.54. The second-order valence-corrected chi connectivity index (χ2v) is 3.93. The molecule has 92 valence electrons. The van der Waals surface area contributed by atoms with E-state index >= 15 is 0 Å². The largest absolute Gasteiger partial charge is 0.381 e. The minimum Gasteiger partial charge on any atom is -0.381 e. The lowest BCUT2D eigenvalue weighted by atomic mass is 10.1. The molecule has 0 fully saturated rings. The molecular formula is C14H13FN2O. The van der Waals surface area contributed by atoms with Gasteiger partial charge in [0.1, 0.15) is 5.82 Å². The van der Waals surface area contributed by atoms with E-state index in [1.165, 1.54) is 12.1 Å². The van der Waals surface area contributed by atoms with Gasteiger partial charge in [-0.15, -0.1) is 0 Å². The smallest absolute Gasteiger partial charge is 0.248 e. The second kappa shape index (κ2) is 5.31. The topological polar surface area (TPSA) is 55.1 Å². The number of hydrogen-bond donors (Lipinski definition) is 2. The summed E-state index contributed by atoms with van der Waals surface area (Å²) in [5.74, 6) is -0.742. The van der Waals surface area contributed by atoms with Crippen molar-refractivity contribution in [1.82, 2.24) is 0 Å². The van der Waals surface area contributed by atoms with Crippen LogP contribution in [0.15, 0.2) is 48.5 Å². The normalized spacial score (nSPS) is 10.1. The number of hydrogen-bond acceptors (Lipinski definition) is 2. The monoisotopic (exact) mass is 244 g/mol. The number of carbonyl (C=O) groups is 1. The zero-order valence-corrected chi connectivity index (χ0v) is 9.69. The van der Waals surface area contributed by atoms with Crippen molar-refractivity contribution in [2.75, 3.05) is 5.32 Å². The number of amides is 1. The first-order valence-corrected chi connectivity index (χ1v) is 5.53. The minimum atomic E-state index is -0.456. The molecular weight excluding hydrogens is 231 g/mol. The summed E-state index contributed by atoms with van der Waals surface area (Å²) in [6.07, 6.45) is 0. The molecule has 1 amide bonds. The van der Waals surface area contributed by atoms with Gasteiger partial charge in [0.05, 0.1) is 0 Å². The molecule has 0 atom stereocenters. The van der Waals surface area contributed by atoms with Gasteiger partial charge in [0.15, 0.2) is 0 Å². The van der Waals surface area contributed by atoms with Crippen LogP contribution in [0, 0.1) is 5.82 Å². The van der Waals surface area contributed by atoms with Gasteiger partial charge >= 0.3 is 0 Å². The van der Waals surface area contributed by atoms with Gasteiger partial charge < -0.3 is 11.1 Å². The van der Waals surface area contributed by atoms with Crippen molar-refractivity contribution in [3.63, 3.8) is 0 Å². The van der Waals surface area contributed by atoms with E-state index < -0.39 is 5.91 Å². The first-order valence-electron chi connectivity index (χ1n) is 5.53. The van der Waals surface area contributed by atoms with Crippen LogP contribution in [0.4, 0.5) is 10.1 Å². The number of nitrogens with one attached hydrogen (secondary N) is 1. The third-order valence-corrected chi connectivity index (χ3v) is 2.53. The first-order chi connectivity index (χ1) is 8.65. The van der Waals surface area contributed by atoms with Crippen LogP contribution >= 0.6 is 0 Å². The molecule has 0 heterocycles. The lowest BCUT2D eigenvalue weighted by molar-refractivity contribution is 0.1000. The molecule has 0 saturated carbocycles. The van der Waals surface area contributed by atoms with Crippen molar-refractivity contribution < 1.29 is 9.18 Å². The van der Waals surface area contributed by atoms with Crippen molar-refractivity contribution in [3.8, 4) is 0 Å². The van der Waals surface area contributed by atoms with E-state index in [0.29, 0.717) is 17.8 Å². The Hall–Kier alpha value is -2.36. The fraction of sp³-hybridized carbons (Fsp3) is 0.0714. The maximum absolute atomic E-state index is 13.0. The van der Waals surface area contributed by atoms with Gasteiger partial charge in [0.2, 0.25) is 5.91 Å². The number of carbonyl (C=O) groups excluding carboxylic acids is 1. The zero-order valence-electron chi connectivity index (χ0n) is 9.69. The maximum Gasteiger partial charge on any atom is 0.248 e. The lowest BCUT2D eigenvalue weighted by Gasteiger charge is -2.07. The van der Waals surface area contributed by atoms with Crippen molar-refractivity contribution in [3.05, 3.63) is 65.5 Å². The summed E-state index contributed by atoms with van der Waals surface area (Å²) >= 11 is 0. The molecule has 4 heteroatoms. The minimum absolute atomic E-state index is 0.286. The number of nitrogens with two attached hydrogens (primary N) is 1. The van der Waals surface area contributed by atoms with Gasteiger partial charge in [-0.25, -0.2) is 4.39 Å². The third-order valence-electron chi connectivity index (χ3n) is 2.53. The Balaban J connectivity index is 2.06. The molecule has 0 bridgehead atoms. The number of benzene rings is 2. The van der Waals surface area contributed by atoms with Gasteiger partial charge in [0.25, 0.3) is 0 Å². The van der Waals surface area contributed by atoms with E-state index in [0.717, 1.165) is 5.56 Å². The fourth-order valence-corrected chi connectivity index (χ4v) is 1.64. The summed E-state index contributed by atoms with van der Waals surface area (Å²) in [5.41, 5.74) is 7.27. The lowest BCUT2D eigenvalue weighted by Crippen LogP contribution is -2.11. The fourth-order valence-electron chi connectivity index (χ4n) is 1.64. The third kappa shape index (κ3) is 3.07. The highest BCUT2D eigenvalue weighted by Crippen LogP contribution is 2.12. The number of anilines is 1. The zero-order chi connectivity index (χ0) is 13.0. The number of rotatable bonds is 4. The van der Waals surface area contributed by atoms with Gasteiger partial charge in [-0.05, 0) is 35.9 Å². The van der Waals surface area contributed by atoms with Gasteiger partial charge in [-0.2, -0.15) is 0 Å². The van der Waals surface area contributed by atoms with Crippen LogP contribution in [0.1, 0.15) is 15.9 Å². The van der Waals surface area contributed by atoms with Crippen LogP contribution in [-0.4, -0.2) is 5.91 Å². The molecule has 18 heavy (non-hydrogen) atoms. The average molecular weight is 244 g/mol. The van der Waals surface area contributed by atoms with E-state index in [1.807, 2.05) is 6.07 Å². The Labute approximate surface area is 104 Å². The van der Waals surface area contributed by atoms with Crippen LogP contribution in [0.2, 0.25) is 0 Å². The van der Waals surface area contributed by atoms with E-state index in [2.05, 4.69) is 5.32 Å². The van der Waals surface area contributed by atoms with Crippen molar-refractivity contribution in [1.29, 1.82) is 0 Å². The molecule has 0 aliphatic rings. The Morgan fingerprint density at radius 2 is 1.94 bits per heavy atom. The molecule has 3 N–H and O–H groups in total. The Morgan fingerprint density at radius 3 is 2.67 bits per heavy atom. The number of primary amides is 1. The van der Waals surface area contributed by atoms with Crippen LogP contribution in [0.5, 0.6) is 0 Å². The second-order valence-electron chi connectivity index (χ2n) is 3.93. The van der Waals surface area contributed by atoms with Crippen LogP contribution in [0.3, 0.4) is 0 Å². The summed E-state index contributed by atoms with van der Waals surface area (Å²) in [5, 5.41) is 3.08. The Morgan fingerprint density at radius 1 is 1.17 bits per heavy atom. The molecule has 0 spiro atoms. The molecule has 0 saturated heterocycles. The highest BCUT2D eigenvalue weighted by molar-refractivity contribution is 5.92. The molecule has 3 nitrogen and oxygen atoms in total. The molecule has 0 radical (unpaired) electrons. The van der Waals surface area contributed by atoms with E-state index in [1.54, 1.807) is 30.3 Å². The first kappa shape index (κ1) is 12.1. The van der Waals surface area contributed by atoms with E-state index in [4.69, 9.17) is 5.73 Å². The van der Waals surface area contributed by atoms with Crippen LogP contribution in [0.25, 0.3) is 0 Å². The Bertz CT molecular complexity index is 569. The molecule has 2 aromatic carbocycles. The van der Waals surface area contributed by atoms with Gasteiger partial charge in [-0.3, -0.25) is 4.79 Å². The predicted molar refractivity (Wildman–Crippen MR) is 68.7 cm³/mol. The van der Waals surface area contributed by atoms with Crippen molar-refractivity contribution in [2.24, 2.45) is 5.73 Å². The van der Waals surface area contributed by atoms with Crippen LogP contribution < -0.4 is 11.1 Å². The molecule has 0 aliphatic carbocycles. The summed E-state index contributed by atoms with van der Waals surface area (Å²) in [7, 11) is 0. The standard InChI is InChI=1S/C14H13FN2O/c15-12-5-2-6-13(8-12)17-9-10-3-1-4-11(7-10)14(16)18/h1-8,17H,9H2,(H2,16,18). The highest BCUT2D eigenvalue weighted by Gasteiger charge is 2.01. The average Bonchev–Trinajstić information content (AvgIpc) is 2.37. The van der Waals surface area contributed by atoms with Crippen LogP contribution in [-0.2, 0) is 6.54 Å². The summed E-state index contributed by atoms with van der Waals surface area (Å²) in [6, 6.07) is 13.2. The van der Waals surface area contributed by atoms with Gasteiger partial charge in [-0.1, -0.05) is 18.2 Å². The summed E-state index contributed by atoms with van der Waals surface area (Å²) < 4.78 is 13.0. The Kier molecular flexibility index (Phi) is 3.57. The number of halogens is 1. The molecule has 0 aliphatic heterocycles. The molecule has 0 unspecified atom stereocenters. The van der Waals surface area contributed by atoms with Crippen molar-refractivity contribution >= 4 is 11.6 Å². The SMILES string of the molecule is NC(=O)c1cccc(CNc2cccc(F)c2)c1. The van der Waals surface area contributed by atoms with Crippen molar-refractivity contribution in [2.45, 2.75) is 6.54 Å². The molecule has 2 rings (SSSR count). The summed E-state index contributed by atoms with van der Waals surface area (Å²) in [6.45, 7) is 0.505.